The Hall–Kier alpha value is -1.06. The van der Waals surface area contributed by atoms with E-state index in [1.54, 1.807) is 0 Å². The number of nitrogens with zero attached hydrogens (tertiary/aromatic N) is 1. The van der Waals surface area contributed by atoms with E-state index in [-0.39, 0.29) is 23.3 Å². The van der Waals surface area contributed by atoms with E-state index in [2.05, 4.69) is 12.2 Å². The van der Waals surface area contributed by atoms with Crippen LogP contribution in [0.1, 0.15) is 53.4 Å². The maximum absolute atomic E-state index is 11.9. The van der Waals surface area contributed by atoms with E-state index in [1.807, 2.05) is 25.7 Å². The van der Waals surface area contributed by atoms with E-state index in [1.165, 1.54) is 0 Å². The van der Waals surface area contributed by atoms with Crippen molar-refractivity contribution < 1.29 is 9.59 Å². The maximum Gasteiger partial charge on any atom is 0.225 e. The molecule has 1 aliphatic rings. The zero-order valence-electron chi connectivity index (χ0n) is 12.1. The highest BCUT2D eigenvalue weighted by atomic mass is 16.2. The van der Waals surface area contributed by atoms with Crippen molar-refractivity contribution in [1.29, 1.82) is 0 Å². The molecule has 104 valence electrons. The first kappa shape index (κ1) is 15.0. The third kappa shape index (κ3) is 4.00. The molecule has 0 spiro atoms. The van der Waals surface area contributed by atoms with Crippen LogP contribution in [0.25, 0.3) is 0 Å². The molecule has 0 aromatic heterocycles. The average molecular weight is 254 g/mol. The molecule has 4 heteroatoms. The lowest BCUT2D eigenvalue weighted by molar-refractivity contribution is -0.132. The van der Waals surface area contributed by atoms with Gasteiger partial charge in [-0.1, -0.05) is 19.8 Å². The van der Waals surface area contributed by atoms with Gasteiger partial charge >= 0.3 is 0 Å². The van der Waals surface area contributed by atoms with Crippen molar-refractivity contribution in [3.8, 4) is 0 Å². The van der Waals surface area contributed by atoms with Crippen LogP contribution in [0.5, 0.6) is 0 Å². The molecule has 0 aromatic carbocycles. The van der Waals surface area contributed by atoms with E-state index in [0.29, 0.717) is 13.0 Å². The molecule has 1 atom stereocenters. The van der Waals surface area contributed by atoms with Gasteiger partial charge in [0.2, 0.25) is 11.8 Å². The van der Waals surface area contributed by atoms with Gasteiger partial charge in [0.1, 0.15) is 0 Å². The fourth-order valence-electron chi connectivity index (χ4n) is 2.26. The first-order chi connectivity index (χ1) is 8.36. The largest absolute Gasteiger partial charge is 0.356 e. The number of carbonyl (C=O) groups is 2. The summed E-state index contributed by atoms with van der Waals surface area (Å²) in [6, 6.07) is 0. The fourth-order valence-corrected chi connectivity index (χ4v) is 2.26. The molecule has 0 unspecified atom stereocenters. The fraction of sp³-hybridized carbons (Fsp3) is 0.857. The molecule has 1 heterocycles. The van der Waals surface area contributed by atoms with E-state index in [0.717, 1.165) is 25.8 Å². The number of unbranched alkanes of at least 4 members (excludes halogenated alkanes) is 2. The van der Waals surface area contributed by atoms with Gasteiger partial charge in [0.25, 0.3) is 0 Å². The van der Waals surface area contributed by atoms with Gasteiger partial charge in [-0.05, 0) is 27.2 Å². The summed E-state index contributed by atoms with van der Waals surface area (Å²) in [6.07, 6.45) is 3.66. The number of likely N-dealkylation sites (tertiary alicyclic amines) is 1. The van der Waals surface area contributed by atoms with Gasteiger partial charge in [-0.15, -0.1) is 0 Å². The molecule has 18 heavy (non-hydrogen) atoms. The van der Waals surface area contributed by atoms with Crippen molar-refractivity contribution in [2.45, 2.75) is 58.9 Å². The molecule has 0 aliphatic carbocycles. The van der Waals surface area contributed by atoms with Gasteiger partial charge < -0.3 is 10.2 Å². The molecule has 2 amide bonds. The van der Waals surface area contributed by atoms with Crippen molar-refractivity contribution in [2.75, 3.05) is 13.1 Å². The first-order valence-electron chi connectivity index (χ1n) is 6.94. The Labute approximate surface area is 110 Å². The number of hydrogen-bond acceptors (Lipinski definition) is 2. The van der Waals surface area contributed by atoms with Gasteiger partial charge in [0.05, 0.1) is 5.92 Å². The summed E-state index contributed by atoms with van der Waals surface area (Å²) in [5.74, 6) is -0.0410. The summed E-state index contributed by atoms with van der Waals surface area (Å²) in [5.41, 5.74) is -0.186. The number of hydrogen-bond donors (Lipinski definition) is 1. The normalized spacial score (nSPS) is 20.3. The third-order valence-electron chi connectivity index (χ3n) is 3.39. The topological polar surface area (TPSA) is 49.4 Å². The molecule has 1 N–H and O–H groups in total. The van der Waals surface area contributed by atoms with Crippen LogP contribution in [0.2, 0.25) is 0 Å². The van der Waals surface area contributed by atoms with E-state index in [9.17, 15) is 9.59 Å². The van der Waals surface area contributed by atoms with Crippen molar-refractivity contribution in [2.24, 2.45) is 5.92 Å². The van der Waals surface area contributed by atoms with Crippen molar-refractivity contribution in [3.63, 3.8) is 0 Å². The minimum atomic E-state index is -0.186. The molecule has 0 saturated carbocycles. The van der Waals surface area contributed by atoms with Crippen LogP contribution in [-0.4, -0.2) is 35.3 Å². The molecule has 1 fully saturated rings. The average Bonchev–Trinajstić information content (AvgIpc) is 2.66. The summed E-state index contributed by atoms with van der Waals surface area (Å²) in [7, 11) is 0. The molecule has 0 radical (unpaired) electrons. The summed E-state index contributed by atoms with van der Waals surface area (Å²) < 4.78 is 0. The maximum atomic E-state index is 11.9. The molecular formula is C14H26N2O2. The zero-order chi connectivity index (χ0) is 13.8. The molecular weight excluding hydrogens is 228 g/mol. The Bertz CT molecular complexity index is 307. The lowest BCUT2D eigenvalue weighted by Gasteiger charge is -2.31. The molecule has 1 saturated heterocycles. The summed E-state index contributed by atoms with van der Waals surface area (Å²) in [5, 5.41) is 2.93. The van der Waals surface area contributed by atoms with E-state index < -0.39 is 0 Å². The van der Waals surface area contributed by atoms with E-state index in [4.69, 9.17) is 0 Å². The minimum absolute atomic E-state index is 0.0335. The van der Waals surface area contributed by atoms with E-state index >= 15 is 0 Å². The van der Waals surface area contributed by atoms with Gasteiger partial charge in [-0.2, -0.15) is 0 Å². The van der Waals surface area contributed by atoms with Crippen LogP contribution in [0.3, 0.4) is 0 Å². The Morgan fingerprint density at radius 1 is 1.39 bits per heavy atom. The second kappa shape index (κ2) is 6.21. The Balaban J connectivity index is 2.41. The second-order valence-corrected chi connectivity index (χ2v) is 6.07. The molecule has 4 nitrogen and oxygen atoms in total. The van der Waals surface area contributed by atoms with Crippen LogP contribution in [-0.2, 0) is 9.59 Å². The number of carbonyl (C=O) groups excluding carboxylic acids is 2. The van der Waals surface area contributed by atoms with Crippen LogP contribution in [0.15, 0.2) is 0 Å². The minimum Gasteiger partial charge on any atom is -0.356 e. The summed E-state index contributed by atoms with van der Waals surface area (Å²) in [4.78, 5) is 25.6. The standard InChI is InChI=1S/C14H26N2O2/c1-5-6-7-8-15-13(18)11-9-12(17)16(10-11)14(2,3)4/h11H,5-10H2,1-4H3,(H,15,18)/t11-/m1/s1. The highest BCUT2D eigenvalue weighted by Gasteiger charge is 2.39. The molecule has 1 rings (SSSR count). The van der Waals surface area contributed by atoms with Gasteiger partial charge in [-0.3, -0.25) is 9.59 Å². The predicted octanol–water partition coefficient (Wildman–Crippen LogP) is 1.94. The highest BCUT2D eigenvalue weighted by Crippen LogP contribution is 2.25. The smallest absolute Gasteiger partial charge is 0.225 e. The Morgan fingerprint density at radius 2 is 2.06 bits per heavy atom. The number of nitrogens with one attached hydrogen (secondary N) is 1. The first-order valence-corrected chi connectivity index (χ1v) is 6.94. The highest BCUT2D eigenvalue weighted by molar-refractivity contribution is 5.89. The van der Waals surface area contributed by atoms with Gasteiger partial charge in [-0.25, -0.2) is 0 Å². The third-order valence-corrected chi connectivity index (χ3v) is 3.39. The monoisotopic (exact) mass is 254 g/mol. The predicted molar refractivity (Wildman–Crippen MR) is 72.1 cm³/mol. The van der Waals surface area contributed by atoms with Gasteiger partial charge in [0, 0.05) is 25.0 Å². The van der Waals surface area contributed by atoms with Crippen LogP contribution >= 0.6 is 0 Å². The zero-order valence-corrected chi connectivity index (χ0v) is 12.1. The second-order valence-electron chi connectivity index (χ2n) is 6.07. The molecule has 0 aromatic rings. The molecule has 0 bridgehead atoms. The number of amides is 2. The lowest BCUT2D eigenvalue weighted by atomic mass is 10.1. The van der Waals surface area contributed by atoms with Crippen LogP contribution in [0, 0.1) is 5.92 Å². The summed E-state index contributed by atoms with van der Waals surface area (Å²) >= 11 is 0. The SMILES string of the molecule is CCCCCNC(=O)[C@@H]1CC(=O)N(C(C)(C)C)C1. The van der Waals surface area contributed by atoms with Crippen LogP contribution < -0.4 is 5.32 Å². The quantitative estimate of drug-likeness (QED) is 0.762. The molecule has 1 aliphatic heterocycles. The van der Waals surface area contributed by atoms with Gasteiger partial charge in [0.15, 0.2) is 0 Å². The number of rotatable bonds is 5. The van der Waals surface area contributed by atoms with Crippen molar-refractivity contribution in [1.82, 2.24) is 10.2 Å². The lowest BCUT2D eigenvalue weighted by Crippen LogP contribution is -2.43. The Kier molecular flexibility index (Phi) is 5.17. The Morgan fingerprint density at radius 3 is 2.56 bits per heavy atom. The van der Waals surface area contributed by atoms with Crippen molar-refractivity contribution in [3.05, 3.63) is 0 Å². The van der Waals surface area contributed by atoms with Crippen LogP contribution in [0.4, 0.5) is 0 Å². The summed E-state index contributed by atoms with van der Waals surface area (Å²) in [6.45, 7) is 9.44. The van der Waals surface area contributed by atoms with Crippen molar-refractivity contribution >= 4 is 11.8 Å².